The third-order valence-corrected chi connectivity index (χ3v) is 11.2. The van der Waals surface area contributed by atoms with Crippen LogP contribution in [0.15, 0.2) is 65.9 Å². The number of ether oxygens (including phenoxy) is 7. The van der Waals surface area contributed by atoms with Gasteiger partial charge < -0.3 is 53.3 Å². The first kappa shape index (κ1) is 45.2. The Hall–Kier alpha value is -4.87. The highest BCUT2D eigenvalue weighted by atomic mass is 16.7. The van der Waals surface area contributed by atoms with Gasteiger partial charge in [0, 0.05) is 43.7 Å². The molecule has 6 unspecified atom stereocenters. The Balaban J connectivity index is 1.68. The minimum Gasteiger partial charge on any atom is -0.497 e. The van der Waals surface area contributed by atoms with E-state index in [4.69, 9.17) is 38.0 Å². The van der Waals surface area contributed by atoms with Gasteiger partial charge in [-0.25, -0.2) is 9.59 Å². The maximum atomic E-state index is 13.8. The fourth-order valence-corrected chi connectivity index (χ4v) is 8.79. The van der Waals surface area contributed by atoms with Crippen LogP contribution < -0.4 is 24.3 Å². The Labute approximate surface area is 345 Å². The molecule has 3 aliphatic rings. The van der Waals surface area contributed by atoms with Crippen molar-refractivity contribution in [1.29, 1.82) is 0 Å². The summed E-state index contributed by atoms with van der Waals surface area (Å²) in [6, 6.07) is 9.36. The Bertz CT molecular complexity index is 1790. The molecule has 0 aromatic heterocycles. The molecule has 2 aliphatic carbocycles. The fraction of sp³-hybridized carbons (Fsp3) is 0.558. The molecule has 4 N–H and O–H groups in total. The van der Waals surface area contributed by atoms with Gasteiger partial charge in [0.05, 0.1) is 65.1 Å². The summed E-state index contributed by atoms with van der Waals surface area (Å²) in [6.45, 7) is 4.18. The van der Waals surface area contributed by atoms with Crippen molar-refractivity contribution in [2.24, 2.45) is 22.9 Å². The highest BCUT2D eigenvalue weighted by molar-refractivity contribution is 6.03. The number of oxime groups is 1. The summed E-state index contributed by atoms with van der Waals surface area (Å²) < 4.78 is 41.6. The van der Waals surface area contributed by atoms with Gasteiger partial charge in [0.1, 0.15) is 36.1 Å². The smallest absolute Gasteiger partial charge is 0.417 e. The number of hydrogen-bond donors (Lipinski definition) is 4. The average molecular weight is 826 g/mol. The van der Waals surface area contributed by atoms with E-state index in [1.165, 1.54) is 33.3 Å². The van der Waals surface area contributed by atoms with Gasteiger partial charge in [-0.3, -0.25) is 10.2 Å². The summed E-state index contributed by atoms with van der Waals surface area (Å²) >= 11 is 0. The number of amides is 2. The second kappa shape index (κ2) is 21.9. The van der Waals surface area contributed by atoms with E-state index in [-0.39, 0.29) is 76.1 Å². The lowest BCUT2D eigenvalue weighted by Gasteiger charge is -2.59. The van der Waals surface area contributed by atoms with Gasteiger partial charge in [-0.05, 0) is 73.4 Å². The molecule has 1 aliphatic heterocycles. The van der Waals surface area contributed by atoms with Crippen LogP contribution in [-0.2, 0) is 19.0 Å². The number of fused-ring (bicyclic) bond motifs is 2. The number of rotatable bonds is 22. The van der Waals surface area contributed by atoms with Gasteiger partial charge in [-0.1, -0.05) is 30.1 Å². The molecular formula is C43H59N3O13. The van der Waals surface area contributed by atoms with Crippen LogP contribution >= 0.6 is 0 Å². The number of unbranched alkanes of at least 4 members (excludes halogenated alkanes) is 2. The molecule has 0 radical (unpaired) electrons. The third-order valence-electron chi connectivity index (χ3n) is 11.2. The zero-order valence-electron chi connectivity index (χ0n) is 34.4. The topological polar surface area (TPSA) is 196 Å². The molecule has 6 atom stereocenters. The summed E-state index contributed by atoms with van der Waals surface area (Å²) in [7, 11) is 5.80. The molecule has 16 nitrogen and oxygen atoms in total. The van der Waals surface area contributed by atoms with Crippen molar-refractivity contribution in [2.75, 3.05) is 79.9 Å². The molecular weight excluding hydrogens is 766 g/mol. The average Bonchev–Trinajstić information content (AvgIpc) is 3.24. The number of aliphatic hydroxyl groups is 3. The molecule has 1 heterocycles. The second-order valence-electron chi connectivity index (χ2n) is 14.5. The molecule has 0 bridgehead atoms. The Morgan fingerprint density at radius 3 is 2.41 bits per heavy atom. The van der Waals surface area contributed by atoms with Crippen LogP contribution in [0.3, 0.4) is 0 Å². The summed E-state index contributed by atoms with van der Waals surface area (Å²) in [5, 5.41) is 36.4. The highest BCUT2D eigenvalue weighted by Gasteiger charge is 2.65. The zero-order chi connectivity index (χ0) is 42.4. The van der Waals surface area contributed by atoms with Crippen LogP contribution in [0.25, 0.3) is 0 Å². The molecule has 5 rings (SSSR count). The maximum absolute atomic E-state index is 13.8. The van der Waals surface area contributed by atoms with Crippen molar-refractivity contribution in [3.8, 4) is 23.0 Å². The Kier molecular flexibility index (Phi) is 16.8. The highest BCUT2D eigenvalue weighted by Crippen LogP contribution is 2.62. The number of anilines is 1. The quantitative estimate of drug-likeness (QED) is 0.0646. The number of allylic oxidation sites excluding steroid dienone is 1. The van der Waals surface area contributed by atoms with E-state index in [9.17, 15) is 24.9 Å². The van der Waals surface area contributed by atoms with Crippen LogP contribution in [0.2, 0.25) is 0 Å². The van der Waals surface area contributed by atoms with E-state index in [2.05, 4.69) is 23.1 Å². The number of nitrogens with zero attached hydrogens (tertiary/aromatic N) is 2. The number of hydrogen-bond acceptors (Lipinski definition) is 14. The van der Waals surface area contributed by atoms with Gasteiger partial charge in [-0.2, -0.15) is 0 Å². The van der Waals surface area contributed by atoms with Gasteiger partial charge in [-0.15, -0.1) is 6.58 Å². The molecule has 2 aromatic rings. The lowest BCUT2D eigenvalue weighted by molar-refractivity contribution is -0.255. The third kappa shape index (κ3) is 10.3. The molecule has 2 amide bonds. The summed E-state index contributed by atoms with van der Waals surface area (Å²) in [5.41, 5.74) is 2.59. The molecule has 16 heteroatoms. The van der Waals surface area contributed by atoms with Crippen molar-refractivity contribution in [2.45, 2.75) is 62.7 Å². The standard InChI is InChI=1S/C43H59N3O13/c1-6-21-57-43-38(46(42(51)54-4)17-22-56-23-20-49)27-35(45-55-5)32-24-28(11-7-9-18-47)31(12-8-10-19-48)39(40(32)43)33-25-30(14-16-36(33)59-43)58-41(50)44-34-15-13-29(52-2)26-37(34)53-3/h6,13-16,24-26,28,31,38-40,47-49H,1,7-12,17-23,27H2,2-5H3,(H,44,50). The van der Waals surface area contributed by atoms with E-state index < -0.39 is 29.9 Å². The van der Waals surface area contributed by atoms with Gasteiger partial charge >= 0.3 is 12.2 Å². The normalized spacial score (nSPS) is 23.5. The van der Waals surface area contributed by atoms with E-state index in [1.54, 1.807) is 36.4 Å². The largest absolute Gasteiger partial charge is 0.497 e. The molecule has 0 spiro atoms. The van der Waals surface area contributed by atoms with Gasteiger partial charge in [0.15, 0.2) is 0 Å². The van der Waals surface area contributed by atoms with Gasteiger partial charge in [0.2, 0.25) is 5.79 Å². The number of methoxy groups -OCH3 is 3. The minimum absolute atomic E-state index is 0.00263. The lowest BCUT2D eigenvalue weighted by Crippen LogP contribution is -2.70. The summed E-state index contributed by atoms with van der Waals surface area (Å²) in [4.78, 5) is 34.2. The predicted molar refractivity (Wildman–Crippen MR) is 218 cm³/mol. The Morgan fingerprint density at radius 2 is 1.73 bits per heavy atom. The first-order valence-electron chi connectivity index (χ1n) is 20.1. The number of aliphatic hydroxyl groups excluding tert-OH is 3. The second-order valence-corrected chi connectivity index (χ2v) is 14.5. The van der Waals surface area contributed by atoms with E-state index in [1.807, 2.05) is 6.07 Å². The number of carbonyl (C=O) groups is 2. The lowest BCUT2D eigenvalue weighted by atomic mass is 9.55. The van der Waals surface area contributed by atoms with Gasteiger partial charge in [0.25, 0.3) is 0 Å². The summed E-state index contributed by atoms with van der Waals surface area (Å²) in [6.07, 6.45) is 6.81. The molecule has 59 heavy (non-hydrogen) atoms. The zero-order valence-corrected chi connectivity index (χ0v) is 34.4. The number of nitrogens with one attached hydrogen (secondary N) is 1. The van der Waals surface area contributed by atoms with Crippen molar-refractivity contribution in [3.05, 3.63) is 66.3 Å². The molecule has 324 valence electrons. The molecule has 2 aromatic carbocycles. The number of benzene rings is 2. The number of carbonyl (C=O) groups excluding carboxylic acids is 2. The van der Waals surface area contributed by atoms with Crippen molar-refractivity contribution >= 4 is 23.6 Å². The van der Waals surface area contributed by atoms with E-state index >= 15 is 0 Å². The minimum atomic E-state index is -1.52. The Morgan fingerprint density at radius 1 is 0.966 bits per heavy atom. The SMILES string of the molecule is C=CCOC12Oc3ccc(OC(=O)Nc4ccc(OC)cc4OC)cc3C3C(CCCCO)C(CCCCO)C=C(C(=NOC)CC1N(CCOCCO)C(=O)OC)C32. The van der Waals surface area contributed by atoms with Crippen LogP contribution in [0.4, 0.5) is 15.3 Å². The molecule has 0 saturated heterocycles. The van der Waals surface area contributed by atoms with Crippen molar-refractivity contribution in [3.63, 3.8) is 0 Å². The van der Waals surface area contributed by atoms with E-state index in [0.29, 0.717) is 47.9 Å². The monoisotopic (exact) mass is 825 g/mol. The molecule has 1 saturated carbocycles. The maximum Gasteiger partial charge on any atom is 0.417 e. The van der Waals surface area contributed by atoms with Crippen LogP contribution in [0, 0.1) is 17.8 Å². The van der Waals surface area contributed by atoms with Crippen LogP contribution in [0.1, 0.15) is 56.4 Å². The van der Waals surface area contributed by atoms with Crippen LogP contribution in [-0.4, -0.2) is 125 Å². The predicted octanol–water partition coefficient (Wildman–Crippen LogP) is 5.66. The molecule has 1 fully saturated rings. The van der Waals surface area contributed by atoms with Crippen LogP contribution in [0.5, 0.6) is 23.0 Å². The van der Waals surface area contributed by atoms with Crippen molar-refractivity contribution < 1.29 is 62.9 Å². The fourth-order valence-electron chi connectivity index (χ4n) is 8.79. The van der Waals surface area contributed by atoms with E-state index in [0.717, 1.165) is 30.4 Å². The summed E-state index contributed by atoms with van der Waals surface area (Å²) in [5.74, 6) is -0.854. The first-order valence-corrected chi connectivity index (χ1v) is 20.1. The van der Waals surface area contributed by atoms with Crippen molar-refractivity contribution in [1.82, 2.24) is 4.90 Å². The first-order chi connectivity index (χ1) is 28.7.